The van der Waals surface area contributed by atoms with Crippen molar-refractivity contribution in [2.24, 2.45) is 0 Å². The summed E-state index contributed by atoms with van der Waals surface area (Å²) < 4.78 is 11.1. The zero-order valence-corrected chi connectivity index (χ0v) is 15.3. The van der Waals surface area contributed by atoms with Gasteiger partial charge in [0.1, 0.15) is 11.5 Å². The summed E-state index contributed by atoms with van der Waals surface area (Å²) in [5, 5.41) is 4.14. The minimum atomic E-state index is 0.336. The molecule has 6 heteroatoms. The average Bonchev–Trinajstić information content (AvgIpc) is 2.92. The minimum absolute atomic E-state index is 0.336. The number of furan rings is 1. The Morgan fingerprint density at radius 3 is 2.70 bits per heavy atom. The number of morpholine rings is 1. The van der Waals surface area contributed by atoms with Crippen LogP contribution in [0.15, 0.2) is 16.5 Å². The molecule has 130 valence electrons. The molecule has 2 heterocycles. The van der Waals surface area contributed by atoms with Gasteiger partial charge in [0, 0.05) is 32.2 Å². The maximum absolute atomic E-state index is 5.71. The molecule has 0 unspecified atom stereocenters. The van der Waals surface area contributed by atoms with E-state index >= 15 is 0 Å². The van der Waals surface area contributed by atoms with Crippen LogP contribution < -0.4 is 5.32 Å². The van der Waals surface area contributed by atoms with Crippen molar-refractivity contribution in [2.75, 3.05) is 39.4 Å². The number of aryl methyl sites for hydroxylation is 1. The summed E-state index contributed by atoms with van der Waals surface area (Å²) in [6, 6.07) is 4.37. The van der Waals surface area contributed by atoms with Crippen molar-refractivity contribution in [3.63, 3.8) is 0 Å². The molecule has 1 aliphatic rings. The molecule has 1 saturated heterocycles. The fourth-order valence-electron chi connectivity index (χ4n) is 2.66. The van der Waals surface area contributed by atoms with Crippen molar-refractivity contribution in [3.05, 3.63) is 23.7 Å². The molecule has 0 atom stereocenters. The summed E-state index contributed by atoms with van der Waals surface area (Å²) in [5.41, 5.74) is 0. The van der Waals surface area contributed by atoms with Crippen molar-refractivity contribution in [3.8, 4) is 0 Å². The Kier molecular flexibility index (Phi) is 7.33. The van der Waals surface area contributed by atoms with Gasteiger partial charge in [0.15, 0.2) is 5.11 Å². The van der Waals surface area contributed by atoms with Crippen LogP contribution in [0.2, 0.25) is 0 Å². The lowest BCUT2D eigenvalue weighted by Gasteiger charge is -2.29. The molecule has 0 aromatic carbocycles. The second-order valence-corrected chi connectivity index (χ2v) is 6.73. The van der Waals surface area contributed by atoms with Gasteiger partial charge in [0.05, 0.1) is 19.8 Å². The molecule has 2 rings (SSSR count). The van der Waals surface area contributed by atoms with E-state index in [9.17, 15) is 0 Å². The third-order valence-corrected chi connectivity index (χ3v) is 4.22. The smallest absolute Gasteiger partial charge is 0.169 e. The van der Waals surface area contributed by atoms with E-state index < -0.39 is 0 Å². The highest BCUT2D eigenvalue weighted by Crippen LogP contribution is 2.11. The van der Waals surface area contributed by atoms with Gasteiger partial charge in [-0.05, 0) is 51.5 Å². The van der Waals surface area contributed by atoms with Crippen LogP contribution in [0.1, 0.15) is 31.8 Å². The molecule has 0 radical (unpaired) electrons. The summed E-state index contributed by atoms with van der Waals surface area (Å²) in [6.07, 6.45) is 1.08. The normalized spacial score (nSPS) is 15.8. The fourth-order valence-corrected chi connectivity index (χ4v) is 3.05. The molecule has 5 nitrogen and oxygen atoms in total. The van der Waals surface area contributed by atoms with Gasteiger partial charge in [-0.15, -0.1) is 0 Å². The van der Waals surface area contributed by atoms with E-state index in [1.807, 2.05) is 19.1 Å². The number of thiocarbonyl (C=S) groups is 1. The number of hydrogen-bond acceptors (Lipinski definition) is 4. The quantitative estimate of drug-likeness (QED) is 0.769. The van der Waals surface area contributed by atoms with E-state index in [1.54, 1.807) is 0 Å². The van der Waals surface area contributed by atoms with Gasteiger partial charge in [-0.2, -0.15) is 0 Å². The zero-order chi connectivity index (χ0) is 16.7. The van der Waals surface area contributed by atoms with Gasteiger partial charge in [-0.3, -0.25) is 4.90 Å². The number of rotatable bonds is 7. The maximum atomic E-state index is 5.71. The van der Waals surface area contributed by atoms with Crippen LogP contribution in [0.4, 0.5) is 0 Å². The second kappa shape index (κ2) is 9.25. The van der Waals surface area contributed by atoms with Crippen molar-refractivity contribution in [1.82, 2.24) is 15.1 Å². The van der Waals surface area contributed by atoms with Gasteiger partial charge in [0.2, 0.25) is 0 Å². The van der Waals surface area contributed by atoms with Crippen molar-refractivity contribution >= 4 is 17.3 Å². The van der Waals surface area contributed by atoms with Gasteiger partial charge >= 0.3 is 0 Å². The molecule has 1 aromatic rings. The predicted octanol–water partition coefficient (Wildman–Crippen LogP) is 2.40. The first kappa shape index (κ1) is 18.2. The van der Waals surface area contributed by atoms with Gasteiger partial charge in [0.25, 0.3) is 0 Å². The zero-order valence-electron chi connectivity index (χ0n) is 14.5. The Bertz CT molecular complexity index is 484. The summed E-state index contributed by atoms with van der Waals surface area (Å²) in [4.78, 5) is 4.66. The Labute approximate surface area is 145 Å². The standard InChI is InChI=1S/C17H29N3O2S/c1-14(2)18-17(23)20(13-16-6-5-15(3)22-16)8-4-7-19-9-11-21-12-10-19/h5-6,14H,4,7-13H2,1-3H3,(H,18,23). The number of nitrogens with one attached hydrogen (secondary N) is 1. The van der Waals surface area contributed by atoms with Crippen molar-refractivity contribution in [2.45, 2.75) is 39.8 Å². The Morgan fingerprint density at radius 2 is 2.09 bits per heavy atom. The first-order valence-corrected chi connectivity index (χ1v) is 8.86. The van der Waals surface area contributed by atoms with Gasteiger partial charge in [-0.25, -0.2) is 0 Å². The Hall–Kier alpha value is -1.11. The molecule has 0 bridgehead atoms. The first-order valence-electron chi connectivity index (χ1n) is 8.45. The average molecular weight is 340 g/mol. The molecule has 0 amide bonds. The van der Waals surface area contributed by atoms with Gasteiger partial charge < -0.3 is 19.4 Å². The third kappa shape index (κ3) is 6.49. The molecule has 1 aliphatic heterocycles. The van der Waals surface area contributed by atoms with Crippen LogP contribution in [0.3, 0.4) is 0 Å². The Balaban J connectivity index is 1.85. The molecular weight excluding hydrogens is 310 g/mol. The highest BCUT2D eigenvalue weighted by molar-refractivity contribution is 7.80. The van der Waals surface area contributed by atoms with E-state index in [4.69, 9.17) is 21.4 Å². The molecule has 0 aliphatic carbocycles. The number of nitrogens with zero attached hydrogens (tertiary/aromatic N) is 2. The van der Waals surface area contributed by atoms with Crippen LogP contribution in [0.25, 0.3) is 0 Å². The molecule has 1 aromatic heterocycles. The second-order valence-electron chi connectivity index (χ2n) is 6.35. The van der Waals surface area contributed by atoms with Crippen LogP contribution >= 0.6 is 12.2 Å². The topological polar surface area (TPSA) is 40.9 Å². The SMILES string of the molecule is Cc1ccc(CN(CCCN2CCOCC2)C(=S)NC(C)C)o1. The minimum Gasteiger partial charge on any atom is -0.464 e. The van der Waals surface area contributed by atoms with E-state index in [1.165, 1.54) is 0 Å². The lowest BCUT2D eigenvalue weighted by Crippen LogP contribution is -2.44. The monoisotopic (exact) mass is 339 g/mol. The van der Waals surface area contributed by atoms with E-state index in [2.05, 4.69) is 29.0 Å². The summed E-state index contributed by atoms with van der Waals surface area (Å²) in [6.45, 7) is 12.7. The lowest BCUT2D eigenvalue weighted by atomic mass is 10.3. The summed E-state index contributed by atoms with van der Waals surface area (Å²) in [5.74, 6) is 1.90. The van der Waals surface area contributed by atoms with Crippen molar-refractivity contribution < 1.29 is 9.15 Å². The fraction of sp³-hybridized carbons (Fsp3) is 0.706. The van der Waals surface area contributed by atoms with E-state index in [0.29, 0.717) is 6.04 Å². The van der Waals surface area contributed by atoms with Crippen LogP contribution in [-0.2, 0) is 11.3 Å². The molecule has 1 fully saturated rings. The largest absolute Gasteiger partial charge is 0.464 e. The van der Waals surface area contributed by atoms with E-state index in [-0.39, 0.29) is 0 Å². The predicted molar refractivity (Wildman–Crippen MR) is 96.6 cm³/mol. The highest BCUT2D eigenvalue weighted by Gasteiger charge is 2.15. The number of ether oxygens (including phenoxy) is 1. The molecule has 1 N–H and O–H groups in total. The summed E-state index contributed by atoms with van der Waals surface area (Å²) in [7, 11) is 0. The first-order chi connectivity index (χ1) is 11.0. The van der Waals surface area contributed by atoms with Crippen LogP contribution in [-0.4, -0.2) is 60.3 Å². The lowest BCUT2D eigenvalue weighted by molar-refractivity contribution is 0.0367. The van der Waals surface area contributed by atoms with E-state index in [0.717, 1.165) is 69.0 Å². The summed E-state index contributed by atoms with van der Waals surface area (Å²) >= 11 is 5.57. The van der Waals surface area contributed by atoms with Crippen LogP contribution in [0, 0.1) is 6.92 Å². The third-order valence-electron chi connectivity index (χ3n) is 3.85. The molecule has 23 heavy (non-hydrogen) atoms. The maximum Gasteiger partial charge on any atom is 0.169 e. The van der Waals surface area contributed by atoms with Crippen LogP contribution in [0.5, 0.6) is 0 Å². The highest BCUT2D eigenvalue weighted by atomic mass is 32.1. The molecule has 0 spiro atoms. The Morgan fingerprint density at radius 1 is 1.35 bits per heavy atom. The van der Waals surface area contributed by atoms with Crippen molar-refractivity contribution in [1.29, 1.82) is 0 Å². The van der Waals surface area contributed by atoms with Gasteiger partial charge in [-0.1, -0.05) is 0 Å². The molecular formula is C17H29N3O2S. The molecule has 0 saturated carbocycles. The number of hydrogen-bond donors (Lipinski definition) is 1.